The van der Waals surface area contributed by atoms with Gasteiger partial charge in [0.25, 0.3) is 0 Å². The van der Waals surface area contributed by atoms with Crippen LogP contribution in [-0.4, -0.2) is 54.6 Å². The quantitative estimate of drug-likeness (QED) is 0.691. The molecule has 0 radical (unpaired) electrons. The molecule has 6 nitrogen and oxygen atoms in total. The van der Waals surface area contributed by atoms with Crippen LogP contribution >= 0.6 is 0 Å². The molecule has 2 fully saturated rings. The fourth-order valence-electron chi connectivity index (χ4n) is 2.04. The number of nitrogens with two attached hydrogens (primary N) is 1. The van der Waals surface area contributed by atoms with E-state index >= 15 is 0 Å². The van der Waals surface area contributed by atoms with Crippen molar-refractivity contribution in [2.45, 2.75) is 44.3 Å². The predicted molar refractivity (Wildman–Crippen MR) is 65.8 cm³/mol. The molecule has 1 saturated heterocycles. The summed E-state index contributed by atoms with van der Waals surface area (Å²) in [6.07, 6.45) is 2.34. The van der Waals surface area contributed by atoms with Gasteiger partial charge in [0.05, 0.1) is 13.2 Å². The second-order valence-corrected chi connectivity index (χ2v) is 5.14. The zero-order valence-electron chi connectivity index (χ0n) is 10.7. The molecule has 0 bridgehead atoms. The summed E-state index contributed by atoms with van der Waals surface area (Å²) in [6.45, 7) is 3.02. The Labute approximate surface area is 107 Å². The molecule has 2 amide bonds. The molecule has 1 aliphatic heterocycles. The molecule has 3 N–H and O–H groups in total. The molecule has 0 aromatic rings. The highest BCUT2D eigenvalue weighted by Gasteiger charge is 2.35. The third-order valence-corrected chi connectivity index (χ3v) is 3.17. The number of carbonyl (C=O) groups is 2. The molecular formula is C12H21N3O3. The SMILES string of the molecule is CC(N)CC(=O)N1CCOCC1C(=O)NC1CC1. The van der Waals surface area contributed by atoms with Crippen LogP contribution in [0.2, 0.25) is 0 Å². The normalized spacial score (nSPS) is 25.7. The van der Waals surface area contributed by atoms with E-state index in [1.54, 1.807) is 11.8 Å². The zero-order chi connectivity index (χ0) is 13.1. The molecule has 2 unspecified atom stereocenters. The lowest BCUT2D eigenvalue weighted by atomic mass is 10.1. The lowest BCUT2D eigenvalue weighted by Crippen LogP contribution is -2.56. The van der Waals surface area contributed by atoms with Crippen LogP contribution in [0.5, 0.6) is 0 Å². The Hall–Kier alpha value is -1.14. The van der Waals surface area contributed by atoms with Gasteiger partial charge in [-0.05, 0) is 19.8 Å². The van der Waals surface area contributed by atoms with Crippen molar-refractivity contribution in [3.05, 3.63) is 0 Å². The fourth-order valence-corrected chi connectivity index (χ4v) is 2.04. The van der Waals surface area contributed by atoms with Gasteiger partial charge in [0.1, 0.15) is 6.04 Å². The lowest BCUT2D eigenvalue weighted by molar-refractivity contribution is -0.148. The van der Waals surface area contributed by atoms with E-state index in [-0.39, 0.29) is 30.9 Å². The van der Waals surface area contributed by atoms with Gasteiger partial charge in [0.2, 0.25) is 11.8 Å². The molecule has 0 aromatic heterocycles. The van der Waals surface area contributed by atoms with E-state index in [2.05, 4.69) is 5.32 Å². The minimum Gasteiger partial charge on any atom is -0.377 e. The van der Waals surface area contributed by atoms with Gasteiger partial charge < -0.3 is 20.7 Å². The second kappa shape index (κ2) is 5.67. The number of hydrogen-bond acceptors (Lipinski definition) is 4. The summed E-state index contributed by atoms with van der Waals surface area (Å²) in [6, 6.07) is -0.386. The van der Waals surface area contributed by atoms with Crippen LogP contribution in [0.4, 0.5) is 0 Å². The molecule has 1 aliphatic carbocycles. The van der Waals surface area contributed by atoms with Gasteiger partial charge in [-0.25, -0.2) is 0 Å². The number of nitrogens with one attached hydrogen (secondary N) is 1. The number of hydrogen-bond donors (Lipinski definition) is 2. The number of rotatable bonds is 4. The van der Waals surface area contributed by atoms with E-state index in [4.69, 9.17) is 10.5 Å². The Morgan fingerprint density at radius 1 is 1.50 bits per heavy atom. The van der Waals surface area contributed by atoms with Gasteiger partial charge in [0, 0.05) is 25.0 Å². The average Bonchev–Trinajstić information content (AvgIpc) is 3.12. The van der Waals surface area contributed by atoms with E-state index in [1.165, 1.54) is 0 Å². The summed E-state index contributed by atoms with van der Waals surface area (Å²) in [5, 5.41) is 2.92. The number of nitrogens with zero attached hydrogens (tertiary/aromatic N) is 1. The highest BCUT2D eigenvalue weighted by atomic mass is 16.5. The molecule has 2 rings (SSSR count). The molecule has 102 valence electrons. The number of amides is 2. The van der Waals surface area contributed by atoms with E-state index < -0.39 is 6.04 Å². The first-order valence-corrected chi connectivity index (χ1v) is 6.51. The van der Waals surface area contributed by atoms with Crippen molar-refractivity contribution in [3.8, 4) is 0 Å². The number of ether oxygens (including phenoxy) is 1. The molecule has 1 heterocycles. The van der Waals surface area contributed by atoms with Crippen molar-refractivity contribution >= 4 is 11.8 Å². The van der Waals surface area contributed by atoms with Crippen molar-refractivity contribution in [3.63, 3.8) is 0 Å². The highest BCUT2D eigenvalue weighted by molar-refractivity contribution is 5.88. The largest absolute Gasteiger partial charge is 0.377 e. The minimum absolute atomic E-state index is 0.0655. The van der Waals surface area contributed by atoms with Crippen molar-refractivity contribution in [1.29, 1.82) is 0 Å². The second-order valence-electron chi connectivity index (χ2n) is 5.14. The van der Waals surface area contributed by atoms with Crippen LogP contribution in [0.15, 0.2) is 0 Å². The van der Waals surface area contributed by atoms with Crippen LogP contribution in [0.3, 0.4) is 0 Å². The van der Waals surface area contributed by atoms with Gasteiger partial charge in [0.15, 0.2) is 0 Å². The van der Waals surface area contributed by atoms with Crippen molar-refractivity contribution < 1.29 is 14.3 Å². The maximum absolute atomic E-state index is 12.0. The van der Waals surface area contributed by atoms with Gasteiger partial charge in [-0.3, -0.25) is 9.59 Å². The molecule has 2 atom stereocenters. The molecule has 18 heavy (non-hydrogen) atoms. The van der Waals surface area contributed by atoms with Gasteiger partial charge in [-0.15, -0.1) is 0 Å². The van der Waals surface area contributed by atoms with E-state index in [9.17, 15) is 9.59 Å². The Bertz CT molecular complexity index is 305. The van der Waals surface area contributed by atoms with E-state index in [0.717, 1.165) is 12.8 Å². The number of morpholine rings is 1. The topological polar surface area (TPSA) is 84.7 Å². The molecule has 2 aliphatic rings. The van der Waals surface area contributed by atoms with E-state index in [1.807, 2.05) is 0 Å². The minimum atomic E-state index is -0.495. The summed E-state index contributed by atoms with van der Waals surface area (Å²) < 4.78 is 5.30. The summed E-state index contributed by atoms with van der Waals surface area (Å²) >= 11 is 0. The predicted octanol–water partition coefficient (Wildman–Crippen LogP) is -0.770. The van der Waals surface area contributed by atoms with Crippen LogP contribution in [0.1, 0.15) is 26.2 Å². The highest BCUT2D eigenvalue weighted by Crippen LogP contribution is 2.20. The van der Waals surface area contributed by atoms with Crippen molar-refractivity contribution in [2.24, 2.45) is 5.73 Å². The fraction of sp³-hybridized carbons (Fsp3) is 0.833. The lowest BCUT2D eigenvalue weighted by Gasteiger charge is -2.35. The van der Waals surface area contributed by atoms with E-state index in [0.29, 0.717) is 19.2 Å². The molecule has 6 heteroatoms. The first-order chi connectivity index (χ1) is 8.58. The van der Waals surface area contributed by atoms with Crippen molar-refractivity contribution in [2.75, 3.05) is 19.8 Å². The maximum Gasteiger partial charge on any atom is 0.245 e. The molecular weight excluding hydrogens is 234 g/mol. The molecule has 0 spiro atoms. The summed E-state index contributed by atoms with van der Waals surface area (Å²) in [5.41, 5.74) is 5.63. The van der Waals surface area contributed by atoms with Crippen molar-refractivity contribution in [1.82, 2.24) is 10.2 Å². The third-order valence-electron chi connectivity index (χ3n) is 3.17. The van der Waals surface area contributed by atoms with Gasteiger partial charge in [-0.2, -0.15) is 0 Å². The summed E-state index contributed by atoms with van der Waals surface area (Å²) in [7, 11) is 0. The Morgan fingerprint density at radius 3 is 2.83 bits per heavy atom. The van der Waals surface area contributed by atoms with Crippen LogP contribution in [-0.2, 0) is 14.3 Å². The molecule has 1 saturated carbocycles. The monoisotopic (exact) mass is 255 g/mol. The van der Waals surface area contributed by atoms with Gasteiger partial charge in [-0.1, -0.05) is 0 Å². The van der Waals surface area contributed by atoms with Crippen LogP contribution in [0.25, 0.3) is 0 Å². The Balaban J connectivity index is 1.95. The first kappa shape index (κ1) is 13.3. The summed E-state index contributed by atoms with van der Waals surface area (Å²) in [4.78, 5) is 25.7. The van der Waals surface area contributed by atoms with Crippen LogP contribution in [0, 0.1) is 0 Å². The Morgan fingerprint density at radius 2 is 2.22 bits per heavy atom. The zero-order valence-corrected chi connectivity index (χ0v) is 10.7. The standard InChI is InChI=1S/C12H21N3O3/c1-8(13)6-11(16)15-4-5-18-7-10(15)12(17)14-9-2-3-9/h8-10H,2-7,13H2,1H3,(H,14,17). The molecule has 0 aromatic carbocycles. The average molecular weight is 255 g/mol. The number of carbonyl (C=O) groups excluding carboxylic acids is 2. The summed E-state index contributed by atoms with van der Waals surface area (Å²) in [5.74, 6) is -0.167. The Kier molecular flexibility index (Phi) is 4.19. The van der Waals surface area contributed by atoms with Crippen LogP contribution < -0.4 is 11.1 Å². The maximum atomic E-state index is 12.0. The van der Waals surface area contributed by atoms with Gasteiger partial charge >= 0.3 is 0 Å². The smallest absolute Gasteiger partial charge is 0.245 e. The first-order valence-electron chi connectivity index (χ1n) is 6.51. The third kappa shape index (κ3) is 3.43.